The van der Waals surface area contributed by atoms with Crippen molar-refractivity contribution in [2.45, 2.75) is 69.4 Å². The largest absolute Gasteiger partial charge is 0.443 e. The molecule has 3 aromatic rings. The van der Waals surface area contributed by atoms with Crippen LogP contribution in [0.1, 0.15) is 55.0 Å². The van der Waals surface area contributed by atoms with Crippen LogP contribution in [0.2, 0.25) is 0 Å². The van der Waals surface area contributed by atoms with Crippen molar-refractivity contribution < 1.29 is 18.7 Å². The predicted molar refractivity (Wildman–Crippen MR) is 121 cm³/mol. The Kier molecular flexibility index (Phi) is 4.98. The second-order valence-corrected chi connectivity index (χ2v) is 9.86. The number of nitrogens with zero attached hydrogens (tertiary/aromatic N) is 4. The van der Waals surface area contributed by atoms with E-state index in [1.165, 1.54) is 0 Å². The van der Waals surface area contributed by atoms with Crippen molar-refractivity contribution in [3.63, 3.8) is 0 Å². The molecule has 10 nitrogen and oxygen atoms in total. The molecule has 7 rings (SSSR count). The summed E-state index contributed by atoms with van der Waals surface area (Å²) in [5, 5.41) is 17.9. The van der Waals surface area contributed by atoms with Crippen LogP contribution in [-0.4, -0.2) is 55.8 Å². The summed E-state index contributed by atoms with van der Waals surface area (Å²) in [5.41, 5.74) is 3.20. The van der Waals surface area contributed by atoms with Gasteiger partial charge in [-0.05, 0) is 44.9 Å². The molecule has 3 heterocycles. The molecule has 0 spiro atoms. The lowest BCUT2D eigenvalue weighted by molar-refractivity contribution is -0.0532. The molecule has 0 aliphatic heterocycles. The van der Waals surface area contributed by atoms with Gasteiger partial charge in [0, 0.05) is 48.3 Å². The third-order valence-electron chi connectivity index (χ3n) is 7.57. The number of ether oxygens (including phenoxy) is 2. The highest BCUT2D eigenvalue weighted by Gasteiger charge is 2.58. The number of aromatic amines is 1. The highest BCUT2D eigenvalue weighted by molar-refractivity contribution is 5.76. The predicted octanol–water partition coefficient (Wildman–Crippen LogP) is 3.51. The smallest absolute Gasteiger partial charge is 0.407 e. The maximum Gasteiger partial charge on any atom is 0.407 e. The van der Waals surface area contributed by atoms with Crippen LogP contribution < -0.4 is 10.6 Å². The van der Waals surface area contributed by atoms with E-state index in [1.807, 2.05) is 6.92 Å². The molecule has 4 fully saturated rings. The SMILES string of the molecule is COCc1nn2ccnc(Nc3cc([C@@H]4CC[C@H](OC(=O)NC56CC(C5)C6)[C@@H]4F)[nH]n3)c2c1C. The quantitative estimate of drug-likeness (QED) is 0.485. The number of alkyl halides is 1. The van der Waals surface area contributed by atoms with E-state index < -0.39 is 24.3 Å². The number of aryl methyl sites for hydroxylation is 1. The van der Waals surface area contributed by atoms with Gasteiger partial charge in [-0.1, -0.05) is 0 Å². The number of hydrogen-bond acceptors (Lipinski definition) is 7. The Labute approximate surface area is 195 Å². The van der Waals surface area contributed by atoms with Gasteiger partial charge in [-0.3, -0.25) is 5.10 Å². The molecule has 0 aromatic carbocycles. The molecule has 1 amide bonds. The number of alkyl carbamates (subject to hydrolysis) is 1. The average Bonchev–Trinajstić information content (AvgIpc) is 3.44. The second kappa shape index (κ2) is 7.93. The lowest BCUT2D eigenvalue weighted by Gasteiger charge is -2.61. The fourth-order valence-corrected chi connectivity index (χ4v) is 5.65. The van der Waals surface area contributed by atoms with Crippen molar-refractivity contribution in [2.75, 3.05) is 12.4 Å². The molecule has 4 aliphatic rings. The fraction of sp³-hybridized carbons (Fsp3) is 0.565. The van der Waals surface area contributed by atoms with Crippen molar-refractivity contribution in [1.82, 2.24) is 30.1 Å². The van der Waals surface area contributed by atoms with E-state index in [-0.39, 0.29) is 5.54 Å². The normalized spacial score (nSPS) is 29.5. The molecule has 4 aliphatic carbocycles. The summed E-state index contributed by atoms with van der Waals surface area (Å²) < 4.78 is 27.6. The van der Waals surface area contributed by atoms with Gasteiger partial charge in [-0.15, -0.1) is 0 Å². The molecule has 3 aromatic heterocycles. The first-order valence-electron chi connectivity index (χ1n) is 11.7. The van der Waals surface area contributed by atoms with Crippen LogP contribution in [0.15, 0.2) is 18.5 Å². The summed E-state index contributed by atoms with van der Waals surface area (Å²) in [4.78, 5) is 16.7. The lowest BCUT2D eigenvalue weighted by Crippen LogP contribution is -2.68. The van der Waals surface area contributed by atoms with Crippen molar-refractivity contribution in [3.05, 3.63) is 35.4 Å². The number of hydrogen-bond donors (Lipinski definition) is 3. The van der Waals surface area contributed by atoms with Gasteiger partial charge in [0.1, 0.15) is 17.8 Å². The first-order chi connectivity index (χ1) is 16.4. The number of methoxy groups -OCH3 is 1. The molecular formula is C23H28FN7O3. The second-order valence-electron chi connectivity index (χ2n) is 9.86. The third-order valence-corrected chi connectivity index (χ3v) is 7.57. The number of aromatic nitrogens is 5. The van der Waals surface area contributed by atoms with Crippen LogP contribution in [0.3, 0.4) is 0 Å². The van der Waals surface area contributed by atoms with E-state index in [2.05, 4.69) is 30.9 Å². The van der Waals surface area contributed by atoms with E-state index in [9.17, 15) is 4.79 Å². The van der Waals surface area contributed by atoms with Gasteiger partial charge in [-0.25, -0.2) is 18.7 Å². The third kappa shape index (κ3) is 3.49. The Balaban J connectivity index is 1.13. The molecule has 0 saturated heterocycles. The van der Waals surface area contributed by atoms with Crippen LogP contribution in [0.25, 0.3) is 5.52 Å². The van der Waals surface area contributed by atoms with Crippen LogP contribution >= 0.6 is 0 Å². The Morgan fingerprint density at radius 3 is 2.91 bits per heavy atom. The molecule has 4 saturated carbocycles. The molecule has 2 bridgehead atoms. The van der Waals surface area contributed by atoms with E-state index >= 15 is 4.39 Å². The fourth-order valence-electron chi connectivity index (χ4n) is 5.65. The van der Waals surface area contributed by atoms with Crippen molar-refractivity contribution >= 4 is 23.2 Å². The van der Waals surface area contributed by atoms with Gasteiger partial charge in [0.15, 0.2) is 11.6 Å². The molecular weight excluding hydrogens is 441 g/mol. The number of fused-ring (bicyclic) bond motifs is 1. The van der Waals surface area contributed by atoms with E-state index in [0.717, 1.165) is 42.0 Å². The minimum atomic E-state index is -1.29. The Hall–Kier alpha value is -3.21. The lowest BCUT2D eigenvalue weighted by atomic mass is 9.50. The number of rotatable bonds is 7. The standard InChI is InChI=1S/C23H28FN7O3/c1-12-16(11-33-2)30-31-6-5-25-21(20(12)31)26-18-7-15(28-29-18)14-3-4-17(19(14)24)34-22(32)27-23-8-13(9-23)10-23/h5-7,13-14,17,19H,3-4,8-11H2,1-2H3,(H,27,32)(H2,25,26,28,29)/t13?,14-,17-,19+,23?/m0/s1. The van der Waals surface area contributed by atoms with Gasteiger partial charge in [0.2, 0.25) is 0 Å². The highest BCUT2D eigenvalue weighted by Crippen LogP contribution is 2.57. The van der Waals surface area contributed by atoms with E-state index in [4.69, 9.17) is 9.47 Å². The van der Waals surface area contributed by atoms with Crippen LogP contribution in [-0.2, 0) is 16.1 Å². The van der Waals surface area contributed by atoms with Gasteiger partial charge >= 0.3 is 6.09 Å². The molecule has 0 radical (unpaired) electrons. The topological polar surface area (TPSA) is 118 Å². The van der Waals surface area contributed by atoms with E-state index in [1.54, 1.807) is 30.1 Å². The van der Waals surface area contributed by atoms with Crippen LogP contribution in [0.5, 0.6) is 0 Å². The number of halogens is 1. The maximum absolute atomic E-state index is 15.2. The van der Waals surface area contributed by atoms with Crippen LogP contribution in [0.4, 0.5) is 20.8 Å². The Bertz CT molecular complexity index is 1220. The number of anilines is 2. The van der Waals surface area contributed by atoms with Crippen molar-refractivity contribution in [3.8, 4) is 0 Å². The van der Waals surface area contributed by atoms with Crippen molar-refractivity contribution in [1.29, 1.82) is 0 Å². The minimum Gasteiger partial charge on any atom is -0.443 e. The zero-order valence-electron chi connectivity index (χ0n) is 19.2. The first kappa shape index (κ1) is 21.3. The highest BCUT2D eigenvalue weighted by atomic mass is 19.1. The molecule has 180 valence electrons. The summed E-state index contributed by atoms with van der Waals surface area (Å²) in [5.74, 6) is 1.47. The number of nitrogens with one attached hydrogen (secondary N) is 3. The zero-order chi connectivity index (χ0) is 23.4. The van der Waals surface area contributed by atoms with Gasteiger partial charge in [0.05, 0.1) is 12.3 Å². The summed E-state index contributed by atoms with van der Waals surface area (Å²) in [6.07, 6.45) is 5.01. The molecule has 3 N–H and O–H groups in total. The number of H-pyrrole nitrogens is 1. The molecule has 3 atom stereocenters. The minimum absolute atomic E-state index is 0.0788. The monoisotopic (exact) mass is 469 g/mol. The summed E-state index contributed by atoms with van der Waals surface area (Å²) >= 11 is 0. The van der Waals surface area contributed by atoms with Gasteiger partial charge in [0.25, 0.3) is 0 Å². The number of carbonyl (C=O) groups is 1. The molecule has 11 heteroatoms. The summed E-state index contributed by atoms with van der Waals surface area (Å²) in [6, 6.07) is 1.79. The van der Waals surface area contributed by atoms with Gasteiger partial charge in [-0.2, -0.15) is 10.2 Å². The summed E-state index contributed by atoms with van der Waals surface area (Å²) in [6.45, 7) is 2.37. The Morgan fingerprint density at radius 2 is 2.18 bits per heavy atom. The maximum atomic E-state index is 15.2. The first-order valence-corrected chi connectivity index (χ1v) is 11.7. The number of amides is 1. The number of carbonyl (C=O) groups excluding carboxylic acids is 1. The average molecular weight is 470 g/mol. The van der Waals surface area contributed by atoms with Gasteiger partial charge < -0.3 is 20.1 Å². The Morgan fingerprint density at radius 1 is 1.35 bits per heavy atom. The molecule has 0 unspecified atom stereocenters. The molecule has 34 heavy (non-hydrogen) atoms. The zero-order valence-corrected chi connectivity index (χ0v) is 19.2. The van der Waals surface area contributed by atoms with E-state index in [0.29, 0.717) is 36.8 Å². The summed E-state index contributed by atoms with van der Waals surface area (Å²) in [7, 11) is 1.63. The van der Waals surface area contributed by atoms with Crippen LogP contribution in [0, 0.1) is 12.8 Å². The van der Waals surface area contributed by atoms with Crippen molar-refractivity contribution in [2.24, 2.45) is 5.92 Å².